The maximum absolute atomic E-state index is 12.4. The topological polar surface area (TPSA) is 69.6 Å². The smallest absolute Gasteiger partial charge is 0.220 e. The van der Waals surface area contributed by atoms with Crippen LogP contribution in [0, 0.1) is 0 Å². The van der Waals surface area contributed by atoms with Crippen LogP contribution in [-0.4, -0.2) is 34.9 Å². The SMILES string of the molecule is CC/C=C\C/C=C\C/C=C\C/C=C\C/C=C\C/C=C\C/C=C\C/C=C\C/C=C\CCCCCCCCCC(=O)NC(CO)C(O)/C=C/CC/C=C/CC/C=C/CCCCCCCCC. The largest absolute Gasteiger partial charge is 0.394 e. The predicted molar refractivity (Wildman–Crippen MR) is 285 cm³/mol. The Balaban J connectivity index is 3.71. The number of rotatable bonds is 45. The molecule has 0 spiro atoms. The molecule has 0 aromatic carbocycles. The fourth-order valence-corrected chi connectivity index (χ4v) is 6.85. The Morgan fingerprint density at radius 1 is 0.391 bits per heavy atom. The molecular formula is C60H97NO3. The number of nitrogens with one attached hydrogen (secondary N) is 1. The molecule has 0 saturated heterocycles. The van der Waals surface area contributed by atoms with Crippen LogP contribution in [-0.2, 0) is 4.79 Å². The van der Waals surface area contributed by atoms with Crippen LogP contribution < -0.4 is 5.32 Å². The van der Waals surface area contributed by atoms with Crippen molar-refractivity contribution in [2.45, 2.75) is 219 Å². The first-order valence-electron chi connectivity index (χ1n) is 26.0. The minimum Gasteiger partial charge on any atom is -0.394 e. The van der Waals surface area contributed by atoms with Crippen molar-refractivity contribution in [3.63, 3.8) is 0 Å². The molecular weight excluding hydrogens is 783 g/mol. The molecule has 0 aliphatic rings. The van der Waals surface area contributed by atoms with Crippen LogP contribution in [0.1, 0.15) is 206 Å². The molecule has 64 heavy (non-hydrogen) atoms. The molecule has 0 heterocycles. The summed E-state index contributed by atoms with van der Waals surface area (Å²) in [5.41, 5.74) is 0. The molecule has 2 atom stereocenters. The van der Waals surface area contributed by atoms with E-state index in [1.165, 1.54) is 77.0 Å². The van der Waals surface area contributed by atoms with E-state index in [9.17, 15) is 15.0 Å². The number of aliphatic hydroxyl groups is 2. The Morgan fingerprint density at radius 3 is 1.09 bits per heavy atom. The molecule has 4 nitrogen and oxygen atoms in total. The van der Waals surface area contributed by atoms with Crippen molar-refractivity contribution < 1.29 is 15.0 Å². The van der Waals surface area contributed by atoms with Gasteiger partial charge in [-0.2, -0.15) is 0 Å². The Kier molecular flexibility index (Phi) is 50.5. The molecule has 360 valence electrons. The van der Waals surface area contributed by atoms with Crippen molar-refractivity contribution >= 4 is 5.91 Å². The number of aliphatic hydroxyl groups excluding tert-OH is 2. The van der Waals surface area contributed by atoms with E-state index in [-0.39, 0.29) is 12.5 Å². The van der Waals surface area contributed by atoms with Gasteiger partial charge in [0.15, 0.2) is 0 Å². The summed E-state index contributed by atoms with van der Waals surface area (Å²) in [7, 11) is 0. The van der Waals surface area contributed by atoms with E-state index in [1.807, 2.05) is 6.08 Å². The highest BCUT2D eigenvalue weighted by atomic mass is 16.3. The quantitative estimate of drug-likeness (QED) is 0.0422. The lowest BCUT2D eigenvalue weighted by Gasteiger charge is -2.19. The van der Waals surface area contributed by atoms with E-state index in [1.54, 1.807) is 6.08 Å². The summed E-state index contributed by atoms with van der Waals surface area (Å²) in [6.07, 6.45) is 85.5. The number of amides is 1. The predicted octanol–water partition coefficient (Wildman–Crippen LogP) is 17.2. The van der Waals surface area contributed by atoms with Crippen LogP contribution in [0.3, 0.4) is 0 Å². The lowest BCUT2D eigenvalue weighted by molar-refractivity contribution is -0.123. The van der Waals surface area contributed by atoms with Crippen LogP contribution in [0.5, 0.6) is 0 Å². The van der Waals surface area contributed by atoms with Gasteiger partial charge in [0.2, 0.25) is 5.91 Å². The van der Waals surface area contributed by atoms with E-state index >= 15 is 0 Å². The second kappa shape index (κ2) is 53.6. The molecule has 3 N–H and O–H groups in total. The van der Waals surface area contributed by atoms with Gasteiger partial charge in [0.25, 0.3) is 0 Å². The molecule has 0 aliphatic carbocycles. The molecule has 0 rings (SSSR count). The molecule has 2 unspecified atom stereocenters. The maximum atomic E-state index is 12.4. The van der Waals surface area contributed by atoms with E-state index in [0.717, 1.165) is 109 Å². The lowest BCUT2D eigenvalue weighted by atomic mass is 10.1. The number of allylic oxidation sites excluding steroid dienone is 23. The molecule has 0 fully saturated rings. The van der Waals surface area contributed by atoms with Gasteiger partial charge >= 0.3 is 0 Å². The van der Waals surface area contributed by atoms with Gasteiger partial charge < -0.3 is 15.5 Å². The van der Waals surface area contributed by atoms with Gasteiger partial charge in [-0.1, -0.05) is 230 Å². The molecule has 0 bridgehead atoms. The van der Waals surface area contributed by atoms with Crippen LogP contribution in [0.25, 0.3) is 0 Å². The van der Waals surface area contributed by atoms with Gasteiger partial charge in [-0.25, -0.2) is 0 Å². The van der Waals surface area contributed by atoms with Crippen molar-refractivity contribution in [3.8, 4) is 0 Å². The zero-order valence-electron chi connectivity index (χ0n) is 41.2. The fourth-order valence-electron chi connectivity index (χ4n) is 6.85. The van der Waals surface area contributed by atoms with Gasteiger partial charge in [-0.15, -0.1) is 0 Å². The van der Waals surface area contributed by atoms with Crippen LogP contribution in [0.2, 0.25) is 0 Å². The Morgan fingerprint density at radius 2 is 0.703 bits per heavy atom. The van der Waals surface area contributed by atoms with E-state index in [2.05, 4.69) is 153 Å². The van der Waals surface area contributed by atoms with E-state index in [0.29, 0.717) is 6.42 Å². The molecule has 0 radical (unpaired) electrons. The summed E-state index contributed by atoms with van der Waals surface area (Å²) in [5.74, 6) is -0.0965. The number of carbonyl (C=O) groups is 1. The van der Waals surface area contributed by atoms with Gasteiger partial charge in [-0.05, 0) is 116 Å². The summed E-state index contributed by atoms with van der Waals surface area (Å²) in [5, 5.41) is 23.0. The Bertz CT molecular complexity index is 1370. The minimum absolute atomic E-state index is 0.0965. The molecule has 4 heteroatoms. The fraction of sp³-hybridized carbons (Fsp3) is 0.583. The monoisotopic (exact) mass is 880 g/mol. The summed E-state index contributed by atoms with van der Waals surface area (Å²) < 4.78 is 0. The van der Waals surface area contributed by atoms with Gasteiger partial charge in [-0.3, -0.25) is 4.79 Å². The van der Waals surface area contributed by atoms with Crippen molar-refractivity contribution in [1.29, 1.82) is 0 Å². The van der Waals surface area contributed by atoms with Gasteiger partial charge in [0.05, 0.1) is 18.8 Å². The first-order valence-corrected chi connectivity index (χ1v) is 26.0. The van der Waals surface area contributed by atoms with Crippen LogP contribution in [0.4, 0.5) is 0 Å². The minimum atomic E-state index is -0.885. The Hall–Kier alpha value is -3.73. The average molecular weight is 880 g/mol. The number of hydrogen-bond donors (Lipinski definition) is 3. The zero-order chi connectivity index (χ0) is 46.3. The number of carbonyl (C=O) groups excluding carboxylic acids is 1. The van der Waals surface area contributed by atoms with Crippen molar-refractivity contribution in [2.24, 2.45) is 0 Å². The van der Waals surface area contributed by atoms with E-state index in [4.69, 9.17) is 0 Å². The summed E-state index contributed by atoms with van der Waals surface area (Å²) >= 11 is 0. The highest BCUT2D eigenvalue weighted by Gasteiger charge is 2.17. The first-order chi connectivity index (χ1) is 31.7. The normalized spacial score (nSPS) is 14.1. The maximum Gasteiger partial charge on any atom is 0.220 e. The molecule has 0 saturated carbocycles. The number of hydrogen-bond acceptors (Lipinski definition) is 3. The van der Waals surface area contributed by atoms with Crippen LogP contribution >= 0.6 is 0 Å². The van der Waals surface area contributed by atoms with Gasteiger partial charge in [0, 0.05) is 6.42 Å². The zero-order valence-corrected chi connectivity index (χ0v) is 41.2. The Labute approximate surface area is 395 Å². The third kappa shape index (κ3) is 49.3. The third-order valence-electron chi connectivity index (χ3n) is 10.8. The summed E-state index contributed by atoms with van der Waals surface area (Å²) in [6.45, 7) is 4.15. The number of unbranched alkanes of at least 4 members (excludes halogenated alkanes) is 16. The highest BCUT2D eigenvalue weighted by Crippen LogP contribution is 2.12. The van der Waals surface area contributed by atoms with Crippen LogP contribution in [0.15, 0.2) is 146 Å². The lowest BCUT2D eigenvalue weighted by Crippen LogP contribution is -2.45. The van der Waals surface area contributed by atoms with Crippen molar-refractivity contribution in [2.75, 3.05) is 6.61 Å². The highest BCUT2D eigenvalue weighted by molar-refractivity contribution is 5.76. The first kappa shape index (κ1) is 60.3. The second-order valence-corrected chi connectivity index (χ2v) is 16.8. The molecule has 1 amide bonds. The third-order valence-corrected chi connectivity index (χ3v) is 10.8. The molecule has 0 aromatic rings. The summed E-state index contributed by atoms with van der Waals surface area (Å²) in [4.78, 5) is 12.4. The second-order valence-electron chi connectivity index (χ2n) is 16.8. The van der Waals surface area contributed by atoms with Crippen molar-refractivity contribution in [1.82, 2.24) is 5.32 Å². The van der Waals surface area contributed by atoms with Crippen molar-refractivity contribution in [3.05, 3.63) is 146 Å². The average Bonchev–Trinajstić information content (AvgIpc) is 3.30. The van der Waals surface area contributed by atoms with Gasteiger partial charge in [0.1, 0.15) is 0 Å². The molecule has 0 aromatic heterocycles. The molecule has 0 aliphatic heterocycles. The van der Waals surface area contributed by atoms with E-state index < -0.39 is 12.1 Å². The summed E-state index contributed by atoms with van der Waals surface area (Å²) in [6, 6.07) is -0.663. The standard InChI is InChI=1S/C60H97NO3/c1-3-5-7-9-11-13-15-17-19-21-22-23-24-25-26-27-28-29-30-31-32-33-34-35-36-37-38-40-42-44-46-48-50-52-54-56-60(64)61-58(57-62)59(63)55-53-51-49-47-45-43-41-39-20-18-16-14-12-10-8-6-4-2/h5,7,11,13,17,19-20,22-23,25-26,28-29,31-32,34-35,37-39,45,47,53,55,58-59,62-63H,3-4,6,8-10,12,14-16,18,21,24,27,30,33,36,40-44,46,48-52,54,56-57H2,1-2H3,(H,61,64)/b7-5-,13-11-,19-17-,23-22-,26-25-,29-28-,32-31-,35-34-,38-37-,39-20+,47-45+,55-53+.